The highest BCUT2D eigenvalue weighted by molar-refractivity contribution is 5.95. The third kappa shape index (κ3) is 2.08. The first-order chi connectivity index (χ1) is 10.4. The van der Waals surface area contributed by atoms with Gasteiger partial charge in [0.1, 0.15) is 11.2 Å². The van der Waals surface area contributed by atoms with Crippen LogP contribution in [0, 0.1) is 20.8 Å². The number of aliphatic carboxylic acids is 1. The van der Waals surface area contributed by atoms with Crippen molar-refractivity contribution in [3.05, 3.63) is 56.7 Å². The highest BCUT2D eigenvalue weighted by Gasteiger charge is 2.16. The fraction of sp³-hybridized carbons (Fsp3) is 0.222. The highest BCUT2D eigenvalue weighted by atomic mass is 16.4. The van der Waals surface area contributed by atoms with Gasteiger partial charge < -0.3 is 9.52 Å². The molecule has 0 saturated heterocycles. The van der Waals surface area contributed by atoms with Crippen molar-refractivity contribution in [1.82, 2.24) is 0 Å². The second-order valence-corrected chi connectivity index (χ2v) is 5.64. The summed E-state index contributed by atoms with van der Waals surface area (Å²) in [6.45, 7) is 5.76. The highest BCUT2D eigenvalue weighted by Crippen LogP contribution is 2.28. The Kier molecular flexibility index (Phi) is 3.24. The van der Waals surface area contributed by atoms with Crippen LogP contribution in [0.4, 0.5) is 0 Å². The molecular formula is C18H16O4. The van der Waals surface area contributed by atoms with Crippen LogP contribution in [-0.4, -0.2) is 11.1 Å². The van der Waals surface area contributed by atoms with Gasteiger partial charge in [0, 0.05) is 5.56 Å². The molecule has 0 atom stereocenters. The summed E-state index contributed by atoms with van der Waals surface area (Å²) in [5.74, 6) is -0.951. The molecule has 0 aliphatic rings. The van der Waals surface area contributed by atoms with Crippen LogP contribution in [0.25, 0.3) is 21.9 Å². The molecule has 1 aromatic heterocycles. The SMILES string of the molecule is Cc1cc(C)c2c(=O)c3cccc(CC(=O)O)c3oc2c1C. The molecule has 4 heteroatoms. The average Bonchev–Trinajstić information content (AvgIpc) is 2.45. The van der Waals surface area contributed by atoms with Gasteiger partial charge in [-0.05, 0) is 43.5 Å². The summed E-state index contributed by atoms with van der Waals surface area (Å²) >= 11 is 0. The fourth-order valence-corrected chi connectivity index (χ4v) is 2.88. The van der Waals surface area contributed by atoms with E-state index in [4.69, 9.17) is 9.52 Å². The van der Waals surface area contributed by atoms with Gasteiger partial charge in [-0.2, -0.15) is 0 Å². The molecule has 0 saturated carbocycles. The molecule has 3 rings (SSSR count). The number of rotatable bonds is 2. The Morgan fingerprint density at radius 2 is 1.86 bits per heavy atom. The zero-order chi connectivity index (χ0) is 16.0. The Morgan fingerprint density at radius 1 is 1.14 bits per heavy atom. The van der Waals surface area contributed by atoms with Crippen LogP contribution in [0.2, 0.25) is 0 Å². The topological polar surface area (TPSA) is 67.5 Å². The molecule has 0 unspecified atom stereocenters. The Morgan fingerprint density at radius 3 is 2.55 bits per heavy atom. The normalized spacial score (nSPS) is 11.2. The summed E-state index contributed by atoms with van der Waals surface area (Å²) in [5, 5.41) is 10.0. The van der Waals surface area contributed by atoms with Gasteiger partial charge in [0.05, 0.1) is 17.2 Å². The predicted octanol–water partition coefficient (Wildman–Crippen LogP) is 3.50. The van der Waals surface area contributed by atoms with Gasteiger partial charge in [-0.1, -0.05) is 18.2 Å². The minimum atomic E-state index is -0.951. The molecule has 0 amide bonds. The van der Waals surface area contributed by atoms with E-state index in [0.717, 1.165) is 16.7 Å². The number of hydrogen-bond donors (Lipinski definition) is 1. The number of carboxylic acids is 1. The summed E-state index contributed by atoms with van der Waals surface area (Å²) < 4.78 is 5.99. The largest absolute Gasteiger partial charge is 0.481 e. The van der Waals surface area contributed by atoms with Gasteiger partial charge in [-0.3, -0.25) is 9.59 Å². The first-order valence-corrected chi connectivity index (χ1v) is 7.07. The van der Waals surface area contributed by atoms with E-state index in [-0.39, 0.29) is 11.8 Å². The van der Waals surface area contributed by atoms with Gasteiger partial charge in [0.2, 0.25) is 5.43 Å². The molecule has 0 bridgehead atoms. The number of carbonyl (C=O) groups is 1. The second kappa shape index (κ2) is 4.98. The van der Waals surface area contributed by atoms with Gasteiger partial charge in [0.15, 0.2) is 0 Å². The summed E-state index contributed by atoms with van der Waals surface area (Å²) in [5.41, 5.74) is 4.15. The molecule has 0 fully saturated rings. The summed E-state index contributed by atoms with van der Waals surface area (Å²) in [6, 6.07) is 7.03. The third-order valence-corrected chi connectivity index (χ3v) is 4.10. The number of benzene rings is 2. The van der Waals surface area contributed by atoms with E-state index in [0.29, 0.717) is 27.5 Å². The number of fused-ring (bicyclic) bond motifs is 2. The lowest BCUT2D eigenvalue weighted by molar-refractivity contribution is -0.136. The molecule has 0 radical (unpaired) electrons. The van der Waals surface area contributed by atoms with E-state index < -0.39 is 5.97 Å². The van der Waals surface area contributed by atoms with Crippen molar-refractivity contribution in [2.24, 2.45) is 0 Å². The summed E-state index contributed by atoms with van der Waals surface area (Å²) in [4.78, 5) is 23.8. The van der Waals surface area contributed by atoms with Gasteiger partial charge in [-0.15, -0.1) is 0 Å². The van der Waals surface area contributed by atoms with Crippen molar-refractivity contribution in [1.29, 1.82) is 0 Å². The lowest BCUT2D eigenvalue weighted by Crippen LogP contribution is -2.08. The molecule has 0 spiro atoms. The molecule has 2 aromatic carbocycles. The number of hydrogen-bond acceptors (Lipinski definition) is 3. The number of para-hydroxylation sites is 1. The maximum Gasteiger partial charge on any atom is 0.307 e. The minimum absolute atomic E-state index is 0.107. The first-order valence-electron chi connectivity index (χ1n) is 7.07. The van der Waals surface area contributed by atoms with E-state index in [2.05, 4.69) is 0 Å². The summed E-state index contributed by atoms with van der Waals surface area (Å²) in [7, 11) is 0. The molecule has 22 heavy (non-hydrogen) atoms. The lowest BCUT2D eigenvalue weighted by Gasteiger charge is -2.11. The van der Waals surface area contributed by atoms with Crippen LogP contribution >= 0.6 is 0 Å². The molecule has 3 aromatic rings. The maximum absolute atomic E-state index is 12.8. The van der Waals surface area contributed by atoms with Crippen molar-refractivity contribution in [2.75, 3.05) is 0 Å². The summed E-state index contributed by atoms with van der Waals surface area (Å²) in [6.07, 6.45) is -0.171. The Bertz CT molecular complexity index is 980. The van der Waals surface area contributed by atoms with E-state index >= 15 is 0 Å². The molecule has 112 valence electrons. The molecular weight excluding hydrogens is 280 g/mol. The second-order valence-electron chi connectivity index (χ2n) is 5.64. The van der Waals surface area contributed by atoms with Crippen LogP contribution < -0.4 is 5.43 Å². The van der Waals surface area contributed by atoms with Crippen LogP contribution in [0.15, 0.2) is 33.5 Å². The number of carboxylic acid groups (broad SMARTS) is 1. The van der Waals surface area contributed by atoms with E-state index in [1.54, 1.807) is 18.2 Å². The zero-order valence-corrected chi connectivity index (χ0v) is 12.7. The standard InChI is InChI=1S/C18H16O4/c1-9-7-10(2)15-16(21)13-6-4-5-12(8-14(19)20)18(13)22-17(15)11(9)3/h4-7H,8H2,1-3H3,(H,19,20). The van der Waals surface area contributed by atoms with Crippen LogP contribution in [0.3, 0.4) is 0 Å². The van der Waals surface area contributed by atoms with Gasteiger partial charge in [0.25, 0.3) is 0 Å². The Hall–Kier alpha value is -2.62. The minimum Gasteiger partial charge on any atom is -0.481 e. The molecule has 4 nitrogen and oxygen atoms in total. The first kappa shape index (κ1) is 14.3. The van der Waals surface area contributed by atoms with Gasteiger partial charge in [-0.25, -0.2) is 0 Å². The average molecular weight is 296 g/mol. The maximum atomic E-state index is 12.8. The predicted molar refractivity (Wildman–Crippen MR) is 85.5 cm³/mol. The van der Waals surface area contributed by atoms with Crippen molar-refractivity contribution in [3.63, 3.8) is 0 Å². The molecule has 1 N–H and O–H groups in total. The third-order valence-electron chi connectivity index (χ3n) is 4.10. The number of aryl methyl sites for hydroxylation is 3. The smallest absolute Gasteiger partial charge is 0.307 e. The quantitative estimate of drug-likeness (QED) is 0.735. The van der Waals surface area contributed by atoms with E-state index in [9.17, 15) is 9.59 Å². The fourth-order valence-electron chi connectivity index (χ4n) is 2.88. The van der Waals surface area contributed by atoms with Crippen LogP contribution in [0.1, 0.15) is 22.3 Å². The zero-order valence-electron chi connectivity index (χ0n) is 12.7. The molecule has 1 heterocycles. The van der Waals surface area contributed by atoms with Crippen molar-refractivity contribution in [3.8, 4) is 0 Å². The van der Waals surface area contributed by atoms with E-state index in [1.807, 2.05) is 26.8 Å². The lowest BCUT2D eigenvalue weighted by atomic mass is 9.99. The van der Waals surface area contributed by atoms with Crippen molar-refractivity contribution >= 4 is 27.9 Å². The van der Waals surface area contributed by atoms with Crippen molar-refractivity contribution < 1.29 is 14.3 Å². The van der Waals surface area contributed by atoms with Crippen molar-refractivity contribution in [2.45, 2.75) is 27.2 Å². The Balaban J connectivity index is 2.53. The molecule has 0 aliphatic carbocycles. The van der Waals surface area contributed by atoms with Crippen LogP contribution in [0.5, 0.6) is 0 Å². The van der Waals surface area contributed by atoms with Gasteiger partial charge >= 0.3 is 5.97 Å². The van der Waals surface area contributed by atoms with E-state index in [1.165, 1.54) is 0 Å². The van der Waals surface area contributed by atoms with Crippen LogP contribution in [-0.2, 0) is 11.2 Å². The molecule has 0 aliphatic heterocycles. The Labute approximate surface area is 127 Å². The monoisotopic (exact) mass is 296 g/mol.